The van der Waals surface area contributed by atoms with Crippen molar-refractivity contribution in [2.45, 2.75) is 19.8 Å². The lowest BCUT2D eigenvalue weighted by Crippen LogP contribution is -3.14. The number of hydrogen-bond acceptors (Lipinski definition) is 5. The fourth-order valence-corrected chi connectivity index (χ4v) is 3.42. The number of aliphatic hydroxyl groups is 1. The SMILES string of the molecule is CCOC(=O)[C@H]1CCC[NH+](C/C(O)=C(\C#N)c2nc3ccccc3[nH]2)C1. The first kappa shape index (κ1) is 18.0. The highest BCUT2D eigenvalue weighted by molar-refractivity contribution is 5.82. The van der Waals surface area contributed by atoms with E-state index in [2.05, 4.69) is 16.0 Å². The first-order valence-corrected chi connectivity index (χ1v) is 8.90. The van der Waals surface area contributed by atoms with Crippen LogP contribution >= 0.6 is 0 Å². The molecule has 7 heteroatoms. The quantitative estimate of drug-likeness (QED) is 0.425. The number of allylic oxidation sites excluding steroid dienone is 1. The lowest BCUT2D eigenvalue weighted by atomic mass is 9.98. The van der Waals surface area contributed by atoms with Crippen LogP contribution in [0.5, 0.6) is 0 Å². The summed E-state index contributed by atoms with van der Waals surface area (Å²) in [6.07, 6.45) is 1.69. The van der Waals surface area contributed by atoms with E-state index in [0.717, 1.165) is 35.3 Å². The normalized spacial score (nSPS) is 21.1. The summed E-state index contributed by atoms with van der Waals surface area (Å²) in [6.45, 7) is 3.91. The Balaban J connectivity index is 1.76. The van der Waals surface area contributed by atoms with Gasteiger partial charge in [0, 0.05) is 0 Å². The second-order valence-corrected chi connectivity index (χ2v) is 6.51. The maximum atomic E-state index is 12.0. The van der Waals surface area contributed by atoms with Crippen molar-refractivity contribution in [1.82, 2.24) is 9.97 Å². The van der Waals surface area contributed by atoms with Crippen LogP contribution in [0.3, 0.4) is 0 Å². The molecular weight excluding hydrogens is 332 g/mol. The Bertz CT molecular complexity index is 832. The molecule has 1 saturated heterocycles. The van der Waals surface area contributed by atoms with Gasteiger partial charge in [0.2, 0.25) is 0 Å². The first-order chi connectivity index (χ1) is 12.6. The third-order valence-corrected chi connectivity index (χ3v) is 4.68. The Morgan fingerprint density at radius 3 is 3.04 bits per heavy atom. The fraction of sp³-hybridized carbons (Fsp3) is 0.421. The molecule has 1 aliphatic heterocycles. The van der Waals surface area contributed by atoms with Crippen molar-refractivity contribution in [2.75, 3.05) is 26.2 Å². The van der Waals surface area contributed by atoms with Gasteiger partial charge in [-0.1, -0.05) is 12.1 Å². The van der Waals surface area contributed by atoms with Crippen LogP contribution in [0.2, 0.25) is 0 Å². The van der Waals surface area contributed by atoms with Gasteiger partial charge in [0.25, 0.3) is 0 Å². The number of carbonyl (C=O) groups excluding carboxylic acids is 1. The number of likely N-dealkylation sites (tertiary alicyclic amines) is 1. The number of aromatic nitrogens is 2. The smallest absolute Gasteiger partial charge is 0.314 e. The molecule has 0 spiro atoms. The molecule has 0 amide bonds. The molecule has 3 rings (SSSR count). The van der Waals surface area contributed by atoms with Crippen LogP contribution in [0, 0.1) is 17.2 Å². The molecule has 1 fully saturated rings. The molecule has 0 bridgehead atoms. The van der Waals surface area contributed by atoms with E-state index < -0.39 is 0 Å². The Hall–Kier alpha value is -2.85. The average Bonchev–Trinajstić information content (AvgIpc) is 3.06. The summed E-state index contributed by atoms with van der Waals surface area (Å²) in [5.74, 6) is 0.0322. The number of hydrogen-bond donors (Lipinski definition) is 3. The molecule has 2 heterocycles. The van der Waals surface area contributed by atoms with E-state index in [0.29, 0.717) is 19.0 Å². The van der Waals surface area contributed by atoms with Crippen LogP contribution in [0.15, 0.2) is 30.0 Å². The molecular formula is C19H23N4O3+. The van der Waals surface area contributed by atoms with Crippen LogP contribution in [-0.4, -0.2) is 47.3 Å². The number of H-pyrrole nitrogens is 1. The summed E-state index contributed by atoms with van der Waals surface area (Å²) >= 11 is 0. The Morgan fingerprint density at radius 1 is 1.50 bits per heavy atom. The van der Waals surface area contributed by atoms with Crippen molar-refractivity contribution < 1.29 is 19.5 Å². The van der Waals surface area contributed by atoms with E-state index >= 15 is 0 Å². The van der Waals surface area contributed by atoms with Crippen molar-refractivity contribution >= 4 is 22.6 Å². The van der Waals surface area contributed by atoms with Gasteiger partial charge in [-0.25, -0.2) is 4.98 Å². The number of rotatable bonds is 5. The fourth-order valence-electron chi connectivity index (χ4n) is 3.42. The predicted octanol–water partition coefficient (Wildman–Crippen LogP) is 1.21. The summed E-state index contributed by atoms with van der Waals surface area (Å²) in [5, 5.41) is 20.0. The number of ether oxygens (including phenoxy) is 1. The molecule has 0 saturated carbocycles. The highest BCUT2D eigenvalue weighted by atomic mass is 16.5. The minimum Gasteiger partial charge on any atom is -0.506 e. The number of aromatic amines is 1. The third kappa shape index (κ3) is 3.86. The minimum absolute atomic E-state index is 0.00827. The van der Waals surface area contributed by atoms with Gasteiger partial charge in [0.05, 0.1) is 30.7 Å². The van der Waals surface area contributed by atoms with E-state index in [4.69, 9.17) is 4.74 Å². The Kier molecular flexibility index (Phi) is 5.54. The van der Waals surface area contributed by atoms with Crippen molar-refractivity contribution in [3.63, 3.8) is 0 Å². The summed E-state index contributed by atoms with van der Waals surface area (Å²) < 4.78 is 5.11. The zero-order valence-electron chi connectivity index (χ0n) is 14.8. The number of fused-ring (bicyclic) bond motifs is 1. The summed E-state index contributed by atoms with van der Waals surface area (Å²) in [5.41, 5.74) is 1.71. The number of nitrogens with one attached hydrogen (secondary N) is 2. The molecule has 2 atom stereocenters. The van der Waals surface area contributed by atoms with Crippen LogP contribution < -0.4 is 4.90 Å². The second kappa shape index (κ2) is 8.02. The average molecular weight is 355 g/mol. The maximum Gasteiger partial charge on any atom is 0.314 e. The number of nitrogens with zero attached hydrogens (tertiary/aromatic N) is 2. The van der Waals surface area contributed by atoms with Gasteiger partial charge in [-0.05, 0) is 31.9 Å². The van der Waals surface area contributed by atoms with E-state index in [1.807, 2.05) is 24.3 Å². The van der Waals surface area contributed by atoms with Gasteiger partial charge in [-0.15, -0.1) is 0 Å². The number of carbonyl (C=O) groups is 1. The van der Waals surface area contributed by atoms with Crippen LogP contribution in [0.1, 0.15) is 25.6 Å². The third-order valence-electron chi connectivity index (χ3n) is 4.68. The second-order valence-electron chi connectivity index (χ2n) is 6.51. The van der Waals surface area contributed by atoms with Crippen molar-refractivity contribution in [2.24, 2.45) is 5.92 Å². The van der Waals surface area contributed by atoms with E-state index in [1.165, 1.54) is 0 Å². The van der Waals surface area contributed by atoms with E-state index in [1.54, 1.807) is 6.92 Å². The first-order valence-electron chi connectivity index (χ1n) is 8.90. The molecule has 3 N–H and O–H groups in total. The van der Waals surface area contributed by atoms with E-state index in [-0.39, 0.29) is 29.8 Å². The number of nitriles is 1. The molecule has 1 aliphatic rings. The van der Waals surface area contributed by atoms with Gasteiger partial charge >= 0.3 is 5.97 Å². The molecule has 1 unspecified atom stereocenters. The van der Waals surface area contributed by atoms with Crippen molar-refractivity contribution in [3.8, 4) is 6.07 Å². The minimum atomic E-state index is -0.175. The highest BCUT2D eigenvalue weighted by Gasteiger charge is 2.30. The van der Waals surface area contributed by atoms with Gasteiger partial charge in [0.1, 0.15) is 24.1 Å². The van der Waals surface area contributed by atoms with Crippen molar-refractivity contribution in [1.29, 1.82) is 5.26 Å². The van der Waals surface area contributed by atoms with Gasteiger partial charge < -0.3 is 19.7 Å². The molecule has 136 valence electrons. The molecule has 26 heavy (non-hydrogen) atoms. The molecule has 1 aromatic carbocycles. The Morgan fingerprint density at radius 2 is 2.31 bits per heavy atom. The van der Waals surface area contributed by atoms with Gasteiger partial charge in [-0.3, -0.25) is 4.79 Å². The van der Waals surface area contributed by atoms with E-state index in [9.17, 15) is 15.2 Å². The largest absolute Gasteiger partial charge is 0.506 e. The lowest BCUT2D eigenvalue weighted by Gasteiger charge is -2.28. The number of quaternary nitrogens is 1. The number of esters is 1. The number of aliphatic hydroxyl groups excluding tert-OH is 1. The standard InChI is InChI=1S/C19H22N4O3/c1-2-26-19(25)13-6-5-9-23(11-13)12-17(24)14(10-20)18-21-15-7-3-4-8-16(15)22-18/h3-4,7-8,13,24H,2,5-6,9,11-12H2,1H3,(H,21,22)/p+1/b17-14-/t13-/m0/s1. The Labute approximate surface area is 151 Å². The highest BCUT2D eigenvalue weighted by Crippen LogP contribution is 2.18. The predicted molar refractivity (Wildman–Crippen MR) is 96.2 cm³/mol. The molecule has 2 aromatic rings. The lowest BCUT2D eigenvalue weighted by molar-refractivity contribution is -0.904. The van der Waals surface area contributed by atoms with Gasteiger partial charge in [-0.2, -0.15) is 5.26 Å². The van der Waals surface area contributed by atoms with Crippen LogP contribution in [0.4, 0.5) is 0 Å². The number of benzene rings is 1. The molecule has 7 nitrogen and oxygen atoms in total. The van der Waals surface area contributed by atoms with Crippen LogP contribution in [0.25, 0.3) is 16.6 Å². The monoisotopic (exact) mass is 355 g/mol. The summed E-state index contributed by atoms with van der Waals surface area (Å²) in [6, 6.07) is 9.53. The zero-order chi connectivity index (χ0) is 18.5. The number of imidazole rings is 1. The number of piperidine rings is 1. The molecule has 1 aromatic heterocycles. The van der Waals surface area contributed by atoms with Crippen LogP contribution in [-0.2, 0) is 9.53 Å². The topological polar surface area (TPSA) is 103 Å². The molecule has 0 aliphatic carbocycles. The molecule has 0 radical (unpaired) electrons. The van der Waals surface area contributed by atoms with Gasteiger partial charge in [0.15, 0.2) is 11.6 Å². The zero-order valence-corrected chi connectivity index (χ0v) is 14.8. The summed E-state index contributed by atoms with van der Waals surface area (Å²) in [7, 11) is 0. The maximum absolute atomic E-state index is 12.0. The van der Waals surface area contributed by atoms with Crippen molar-refractivity contribution in [3.05, 3.63) is 35.8 Å². The number of para-hydroxylation sites is 2. The summed E-state index contributed by atoms with van der Waals surface area (Å²) in [4.78, 5) is 20.5.